The Morgan fingerprint density at radius 2 is 1.83 bits per heavy atom. The third kappa shape index (κ3) is 5.55. The first-order valence-corrected chi connectivity index (χ1v) is 11.9. The molecule has 0 fully saturated rings. The number of halogens is 3. The van der Waals surface area contributed by atoms with Crippen LogP contribution in [0.3, 0.4) is 0 Å². The van der Waals surface area contributed by atoms with Gasteiger partial charge in [-0.15, -0.1) is 0 Å². The molecule has 3 aromatic rings. The number of furan rings is 1. The number of rotatable bonds is 4. The zero-order chi connectivity index (χ0) is 25.1. The number of carbonyl (C=O) groups excluding carboxylic acids is 3. The summed E-state index contributed by atoms with van der Waals surface area (Å²) < 4.78 is 6.47. The van der Waals surface area contributed by atoms with Crippen molar-refractivity contribution in [2.75, 3.05) is 0 Å². The first kappa shape index (κ1) is 24.9. The van der Waals surface area contributed by atoms with E-state index in [2.05, 4.69) is 42.3 Å². The number of fused-ring (bicyclic) bond motifs is 1. The van der Waals surface area contributed by atoms with Gasteiger partial charge >= 0.3 is 5.91 Å². The average molecular weight is 579 g/mol. The molecule has 0 saturated carbocycles. The lowest BCUT2D eigenvalue weighted by Gasteiger charge is -2.13. The Hall–Kier alpha value is -3.21. The predicted molar refractivity (Wildman–Crippen MR) is 134 cm³/mol. The van der Waals surface area contributed by atoms with E-state index >= 15 is 0 Å². The number of hydrogen-bond donors (Lipinski definition) is 3. The van der Waals surface area contributed by atoms with E-state index < -0.39 is 17.7 Å². The van der Waals surface area contributed by atoms with E-state index in [1.807, 2.05) is 0 Å². The second-order valence-corrected chi connectivity index (χ2v) is 9.39. The fourth-order valence-electron chi connectivity index (χ4n) is 3.63. The summed E-state index contributed by atoms with van der Waals surface area (Å²) in [5, 5.41) is 4.81. The number of aryl methyl sites for hydroxylation is 1. The van der Waals surface area contributed by atoms with Gasteiger partial charge in [-0.2, -0.15) is 5.10 Å². The van der Waals surface area contributed by atoms with Crippen molar-refractivity contribution in [3.05, 3.63) is 85.0 Å². The minimum absolute atomic E-state index is 0.0367. The molecule has 3 amide bonds. The minimum Gasteiger partial charge on any atom is -0.455 e. The maximum Gasteiger partial charge on any atom is 0.305 e. The topological polar surface area (TPSA) is 126 Å². The van der Waals surface area contributed by atoms with Crippen molar-refractivity contribution < 1.29 is 18.8 Å². The van der Waals surface area contributed by atoms with Gasteiger partial charge in [0.1, 0.15) is 5.76 Å². The van der Waals surface area contributed by atoms with Crippen LogP contribution in [-0.4, -0.2) is 28.4 Å². The van der Waals surface area contributed by atoms with Crippen molar-refractivity contribution in [2.24, 2.45) is 5.10 Å². The van der Waals surface area contributed by atoms with Crippen LogP contribution in [-0.2, 0) is 6.42 Å². The molecule has 12 heteroatoms. The summed E-state index contributed by atoms with van der Waals surface area (Å²) in [6, 6.07) is 6.02. The second-order valence-electron chi connectivity index (χ2n) is 7.63. The molecule has 1 aromatic carbocycles. The molecule has 35 heavy (non-hydrogen) atoms. The molecule has 0 saturated heterocycles. The summed E-state index contributed by atoms with van der Waals surface area (Å²) in [5.74, 6) is -1.04. The summed E-state index contributed by atoms with van der Waals surface area (Å²) in [4.78, 5) is 41.5. The summed E-state index contributed by atoms with van der Waals surface area (Å²) in [5.41, 5.74) is 9.50. The van der Waals surface area contributed by atoms with E-state index in [0.717, 1.165) is 6.42 Å². The monoisotopic (exact) mass is 577 g/mol. The molecule has 0 aliphatic heterocycles. The van der Waals surface area contributed by atoms with E-state index in [0.29, 0.717) is 50.5 Å². The number of hydrogen-bond acceptors (Lipinski definition) is 6. The Morgan fingerprint density at radius 1 is 1.06 bits per heavy atom. The molecule has 0 radical (unpaired) electrons. The number of pyridine rings is 1. The van der Waals surface area contributed by atoms with E-state index in [9.17, 15) is 14.4 Å². The molecule has 9 nitrogen and oxygen atoms in total. The van der Waals surface area contributed by atoms with Gasteiger partial charge in [0.2, 0.25) is 0 Å². The molecule has 3 N–H and O–H groups in total. The Labute approximate surface area is 218 Å². The molecule has 4 rings (SSSR count). The minimum atomic E-state index is -0.640. The Balaban J connectivity index is 1.48. The lowest BCUT2D eigenvalue weighted by atomic mass is 9.93. The maximum atomic E-state index is 12.8. The van der Waals surface area contributed by atoms with Crippen molar-refractivity contribution in [3.8, 4) is 0 Å². The van der Waals surface area contributed by atoms with Crippen molar-refractivity contribution in [2.45, 2.75) is 26.2 Å². The van der Waals surface area contributed by atoms with Gasteiger partial charge in [-0.25, -0.2) is 5.43 Å². The predicted octanol–water partition coefficient (Wildman–Crippen LogP) is 4.60. The van der Waals surface area contributed by atoms with E-state index in [4.69, 9.17) is 27.6 Å². The van der Waals surface area contributed by atoms with Crippen molar-refractivity contribution in [1.29, 1.82) is 0 Å². The Kier molecular flexibility index (Phi) is 7.54. The summed E-state index contributed by atoms with van der Waals surface area (Å²) >= 11 is 15.2. The molecular formula is C23H18BrCl2N5O4. The summed E-state index contributed by atoms with van der Waals surface area (Å²) in [7, 11) is 0. The van der Waals surface area contributed by atoms with Crippen molar-refractivity contribution in [3.63, 3.8) is 0 Å². The number of carbonyl (C=O) groups is 3. The van der Waals surface area contributed by atoms with Gasteiger partial charge in [-0.1, -0.05) is 23.2 Å². The fraction of sp³-hybridized carbons (Fsp3) is 0.174. The van der Waals surface area contributed by atoms with Crippen LogP contribution in [0.1, 0.15) is 61.0 Å². The van der Waals surface area contributed by atoms with Crippen molar-refractivity contribution in [1.82, 2.24) is 21.3 Å². The lowest BCUT2D eigenvalue weighted by Crippen LogP contribution is -2.41. The SMILES string of the molecule is Cc1c(C(=O)NNC(=O)c2ccc(Cl)cc2Cl)oc2c1/C(=N/NC(=O)c1cncc(Br)c1)CCC2. The van der Waals surface area contributed by atoms with Crippen LogP contribution in [0.5, 0.6) is 0 Å². The highest BCUT2D eigenvalue weighted by atomic mass is 79.9. The molecule has 1 aliphatic carbocycles. The quantitative estimate of drug-likeness (QED) is 0.390. The Bertz CT molecular complexity index is 1370. The van der Waals surface area contributed by atoms with Gasteiger partial charge in [0.05, 0.1) is 21.9 Å². The van der Waals surface area contributed by atoms with Crippen LogP contribution in [0.4, 0.5) is 0 Å². The van der Waals surface area contributed by atoms with Crippen LogP contribution in [0.25, 0.3) is 0 Å². The molecule has 2 heterocycles. The van der Waals surface area contributed by atoms with Crippen molar-refractivity contribution >= 4 is 62.6 Å². The highest BCUT2D eigenvalue weighted by Gasteiger charge is 2.28. The molecular weight excluding hydrogens is 561 g/mol. The van der Waals surface area contributed by atoms with Crippen LogP contribution in [0.15, 0.2) is 50.7 Å². The zero-order valence-corrected chi connectivity index (χ0v) is 21.3. The van der Waals surface area contributed by atoms with Gasteiger partial charge < -0.3 is 4.42 Å². The third-order valence-electron chi connectivity index (χ3n) is 5.26. The van der Waals surface area contributed by atoms with Gasteiger partial charge in [-0.3, -0.25) is 30.2 Å². The summed E-state index contributed by atoms with van der Waals surface area (Å²) in [6.07, 6.45) is 4.95. The van der Waals surface area contributed by atoms with Crippen LogP contribution in [0, 0.1) is 6.92 Å². The third-order valence-corrected chi connectivity index (χ3v) is 6.24. The van der Waals surface area contributed by atoms with Crippen LogP contribution < -0.4 is 16.3 Å². The maximum absolute atomic E-state index is 12.8. The van der Waals surface area contributed by atoms with Gasteiger partial charge in [0, 0.05) is 39.4 Å². The zero-order valence-electron chi connectivity index (χ0n) is 18.2. The summed E-state index contributed by atoms with van der Waals surface area (Å²) in [6.45, 7) is 1.72. The molecule has 180 valence electrons. The molecule has 2 aromatic heterocycles. The molecule has 0 bridgehead atoms. The number of aromatic nitrogens is 1. The number of benzene rings is 1. The van der Waals surface area contributed by atoms with Crippen LogP contribution in [0.2, 0.25) is 10.0 Å². The number of hydrazone groups is 1. The molecule has 0 unspecified atom stereocenters. The largest absolute Gasteiger partial charge is 0.455 e. The highest BCUT2D eigenvalue weighted by Crippen LogP contribution is 2.30. The van der Waals surface area contributed by atoms with Crippen LogP contribution >= 0.6 is 39.1 Å². The number of hydrazine groups is 1. The smallest absolute Gasteiger partial charge is 0.305 e. The van der Waals surface area contributed by atoms with E-state index in [1.165, 1.54) is 24.4 Å². The first-order chi connectivity index (χ1) is 16.7. The molecule has 1 aliphatic rings. The molecule has 0 spiro atoms. The van der Waals surface area contributed by atoms with Gasteiger partial charge in [-0.05, 0) is 60.0 Å². The number of amides is 3. The number of nitrogens with zero attached hydrogens (tertiary/aromatic N) is 2. The lowest BCUT2D eigenvalue weighted by molar-refractivity contribution is 0.0829. The molecule has 0 atom stereocenters. The van der Waals surface area contributed by atoms with Gasteiger partial charge in [0.25, 0.3) is 11.8 Å². The average Bonchev–Trinajstić information content (AvgIpc) is 3.18. The number of nitrogens with one attached hydrogen (secondary N) is 3. The Morgan fingerprint density at radius 3 is 2.57 bits per heavy atom. The van der Waals surface area contributed by atoms with E-state index in [-0.39, 0.29) is 16.3 Å². The van der Waals surface area contributed by atoms with E-state index in [1.54, 1.807) is 19.2 Å². The standard InChI is InChI=1S/C23H18BrCl2N5O4/c1-11-19-17(28-29-21(32)12-7-13(24)10-27-9-12)3-2-4-18(19)35-20(11)23(34)31-30-22(33)15-6-5-14(25)8-16(15)26/h5-10H,2-4H2,1H3,(H,29,32)(H,30,33)(H,31,34)/b28-17+. The van der Waals surface area contributed by atoms with Gasteiger partial charge in [0.15, 0.2) is 5.76 Å². The highest BCUT2D eigenvalue weighted by molar-refractivity contribution is 9.10. The normalized spacial score (nSPS) is 13.8. The fourth-order valence-corrected chi connectivity index (χ4v) is 4.49. The second kappa shape index (κ2) is 10.6. The first-order valence-electron chi connectivity index (χ1n) is 10.4.